The highest BCUT2D eigenvalue weighted by Crippen LogP contribution is 2.15. The van der Waals surface area contributed by atoms with E-state index < -0.39 is 5.97 Å². The molecule has 0 spiro atoms. The van der Waals surface area contributed by atoms with E-state index in [9.17, 15) is 4.79 Å². The molecule has 1 rings (SSSR count). The molecule has 0 aliphatic heterocycles. The Morgan fingerprint density at radius 3 is 2.80 bits per heavy atom. The number of ether oxygens (including phenoxy) is 1. The second kappa shape index (κ2) is 5.71. The van der Waals surface area contributed by atoms with Crippen LogP contribution in [-0.4, -0.2) is 18.1 Å². The van der Waals surface area contributed by atoms with Crippen molar-refractivity contribution < 1.29 is 9.53 Å². The molecule has 0 amide bonds. The molecule has 82 valence electrons. The lowest BCUT2D eigenvalue weighted by Crippen LogP contribution is -2.04. The van der Waals surface area contributed by atoms with E-state index in [1.165, 1.54) is 7.11 Å². The van der Waals surface area contributed by atoms with Gasteiger partial charge in [-0.3, -0.25) is 0 Å². The third-order valence-corrected chi connectivity index (χ3v) is 2.39. The first-order chi connectivity index (χ1) is 7.19. The maximum absolute atomic E-state index is 11.2. The van der Waals surface area contributed by atoms with Crippen molar-refractivity contribution in [1.29, 1.82) is 0 Å². The van der Waals surface area contributed by atoms with Crippen molar-refractivity contribution in [3.63, 3.8) is 0 Å². The summed E-state index contributed by atoms with van der Waals surface area (Å²) in [6.45, 7) is 2.12. The lowest BCUT2D eigenvalue weighted by atomic mass is 10.1. The molecule has 0 saturated heterocycles. The van der Waals surface area contributed by atoms with E-state index >= 15 is 0 Å². The standard InChI is InChI=1S/C11H14ClNO2/c1-3-4-5-8-6-7-9(10(12)13-8)11(14)15-2/h6-7H,3-5H2,1-2H3. The van der Waals surface area contributed by atoms with Crippen LogP contribution in [0.1, 0.15) is 35.8 Å². The zero-order valence-electron chi connectivity index (χ0n) is 8.92. The van der Waals surface area contributed by atoms with Crippen LogP contribution in [0.2, 0.25) is 5.15 Å². The van der Waals surface area contributed by atoms with E-state index in [1.54, 1.807) is 6.07 Å². The van der Waals surface area contributed by atoms with Gasteiger partial charge < -0.3 is 4.74 Å². The van der Waals surface area contributed by atoms with Gasteiger partial charge in [0.15, 0.2) is 0 Å². The minimum absolute atomic E-state index is 0.218. The number of rotatable bonds is 4. The second-order valence-electron chi connectivity index (χ2n) is 3.24. The molecule has 0 fully saturated rings. The molecule has 0 bridgehead atoms. The monoisotopic (exact) mass is 227 g/mol. The lowest BCUT2D eigenvalue weighted by Gasteiger charge is -2.04. The van der Waals surface area contributed by atoms with Gasteiger partial charge >= 0.3 is 5.97 Å². The summed E-state index contributed by atoms with van der Waals surface area (Å²) in [6.07, 6.45) is 3.07. The van der Waals surface area contributed by atoms with Crippen molar-refractivity contribution >= 4 is 17.6 Å². The summed E-state index contributed by atoms with van der Waals surface area (Å²) in [7, 11) is 1.32. The van der Waals surface area contributed by atoms with Crippen LogP contribution in [0.3, 0.4) is 0 Å². The molecule has 0 aliphatic rings. The summed E-state index contributed by atoms with van der Waals surface area (Å²) in [5.41, 5.74) is 1.23. The Hall–Kier alpha value is -1.09. The largest absolute Gasteiger partial charge is 0.465 e. The smallest absolute Gasteiger partial charge is 0.341 e. The van der Waals surface area contributed by atoms with E-state index in [-0.39, 0.29) is 5.15 Å². The van der Waals surface area contributed by atoms with Gasteiger partial charge in [-0.05, 0) is 25.0 Å². The van der Waals surface area contributed by atoms with E-state index in [2.05, 4.69) is 16.6 Å². The minimum atomic E-state index is -0.449. The Morgan fingerprint density at radius 2 is 2.27 bits per heavy atom. The number of aryl methyl sites for hydroxylation is 1. The van der Waals surface area contributed by atoms with Gasteiger partial charge in [0.1, 0.15) is 5.15 Å². The van der Waals surface area contributed by atoms with Gasteiger partial charge in [0.2, 0.25) is 0 Å². The molecule has 0 unspecified atom stereocenters. The number of carbonyl (C=O) groups excluding carboxylic acids is 1. The van der Waals surface area contributed by atoms with Crippen LogP contribution in [0, 0.1) is 0 Å². The first kappa shape index (κ1) is 12.0. The normalized spacial score (nSPS) is 10.1. The van der Waals surface area contributed by atoms with Crippen molar-refractivity contribution in [1.82, 2.24) is 4.98 Å². The van der Waals surface area contributed by atoms with Gasteiger partial charge in [-0.1, -0.05) is 24.9 Å². The molecule has 1 aromatic heterocycles. The first-order valence-electron chi connectivity index (χ1n) is 4.92. The Balaban J connectivity index is 2.83. The molecule has 4 heteroatoms. The van der Waals surface area contributed by atoms with E-state index in [1.807, 2.05) is 6.07 Å². The summed E-state index contributed by atoms with van der Waals surface area (Å²) in [4.78, 5) is 15.4. The number of nitrogens with zero attached hydrogens (tertiary/aromatic N) is 1. The average molecular weight is 228 g/mol. The summed E-state index contributed by atoms with van der Waals surface area (Å²) in [5.74, 6) is -0.449. The van der Waals surface area contributed by atoms with Crippen LogP contribution < -0.4 is 0 Å². The molecule has 3 nitrogen and oxygen atoms in total. The van der Waals surface area contributed by atoms with Crippen molar-refractivity contribution in [2.75, 3.05) is 7.11 Å². The van der Waals surface area contributed by atoms with Gasteiger partial charge in [-0.15, -0.1) is 0 Å². The maximum atomic E-state index is 11.2. The van der Waals surface area contributed by atoms with Gasteiger partial charge in [-0.25, -0.2) is 9.78 Å². The number of unbranched alkanes of at least 4 members (excludes halogenated alkanes) is 1. The number of pyridine rings is 1. The highest BCUT2D eigenvalue weighted by atomic mass is 35.5. The zero-order chi connectivity index (χ0) is 11.3. The molecule has 0 aliphatic carbocycles. The first-order valence-corrected chi connectivity index (χ1v) is 5.30. The van der Waals surface area contributed by atoms with Crippen LogP contribution in [0.15, 0.2) is 12.1 Å². The molecule has 1 heterocycles. The minimum Gasteiger partial charge on any atom is -0.465 e. The third-order valence-electron chi connectivity index (χ3n) is 2.10. The van der Waals surface area contributed by atoms with E-state index in [0.29, 0.717) is 5.56 Å². The molecule has 0 aromatic carbocycles. The van der Waals surface area contributed by atoms with Crippen LogP contribution in [0.25, 0.3) is 0 Å². The molecular formula is C11H14ClNO2. The fourth-order valence-electron chi connectivity index (χ4n) is 1.23. The van der Waals surface area contributed by atoms with Gasteiger partial charge in [-0.2, -0.15) is 0 Å². The van der Waals surface area contributed by atoms with Crippen molar-refractivity contribution in [3.8, 4) is 0 Å². The van der Waals surface area contributed by atoms with Gasteiger partial charge in [0, 0.05) is 5.69 Å². The maximum Gasteiger partial charge on any atom is 0.341 e. The second-order valence-corrected chi connectivity index (χ2v) is 3.59. The molecule has 0 radical (unpaired) electrons. The topological polar surface area (TPSA) is 39.2 Å². The summed E-state index contributed by atoms with van der Waals surface area (Å²) < 4.78 is 4.57. The van der Waals surface area contributed by atoms with Crippen LogP contribution in [-0.2, 0) is 11.2 Å². The zero-order valence-corrected chi connectivity index (χ0v) is 9.67. The lowest BCUT2D eigenvalue weighted by molar-refractivity contribution is 0.0600. The summed E-state index contributed by atoms with van der Waals surface area (Å²) >= 11 is 5.87. The predicted molar refractivity (Wildman–Crippen MR) is 59.2 cm³/mol. The number of halogens is 1. The highest BCUT2D eigenvalue weighted by molar-refractivity contribution is 6.32. The van der Waals surface area contributed by atoms with Crippen molar-refractivity contribution in [2.24, 2.45) is 0 Å². The van der Waals surface area contributed by atoms with Gasteiger partial charge in [0.05, 0.1) is 12.7 Å². The Bertz CT molecular complexity index is 352. The molecular weight excluding hydrogens is 214 g/mol. The van der Waals surface area contributed by atoms with Crippen LogP contribution in [0.5, 0.6) is 0 Å². The molecule has 0 saturated carbocycles. The van der Waals surface area contributed by atoms with Crippen molar-refractivity contribution in [2.45, 2.75) is 26.2 Å². The number of methoxy groups -OCH3 is 1. The fourth-order valence-corrected chi connectivity index (χ4v) is 1.48. The third kappa shape index (κ3) is 3.20. The number of carbonyl (C=O) groups is 1. The molecule has 0 N–H and O–H groups in total. The molecule has 15 heavy (non-hydrogen) atoms. The Morgan fingerprint density at radius 1 is 1.53 bits per heavy atom. The number of hydrogen-bond acceptors (Lipinski definition) is 3. The molecule has 0 atom stereocenters. The summed E-state index contributed by atoms with van der Waals surface area (Å²) in [5, 5.41) is 0.218. The summed E-state index contributed by atoms with van der Waals surface area (Å²) in [6, 6.07) is 3.47. The molecule has 1 aromatic rings. The number of esters is 1. The number of hydrogen-bond donors (Lipinski definition) is 0. The van der Waals surface area contributed by atoms with Crippen LogP contribution in [0.4, 0.5) is 0 Å². The SMILES string of the molecule is CCCCc1ccc(C(=O)OC)c(Cl)n1. The van der Waals surface area contributed by atoms with E-state index in [4.69, 9.17) is 11.6 Å². The average Bonchev–Trinajstić information content (AvgIpc) is 2.25. The highest BCUT2D eigenvalue weighted by Gasteiger charge is 2.11. The Kier molecular flexibility index (Phi) is 4.56. The predicted octanol–water partition coefficient (Wildman–Crippen LogP) is 2.86. The Labute approximate surface area is 94.4 Å². The van der Waals surface area contributed by atoms with Crippen LogP contribution >= 0.6 is 11.6 Å². The number of aromatic nitrogens is 1. The van der Waals surface area contributed by atoms with Crippen molar-refractivity contribution in [3.05, 3.63) is 28.5 Å². The van der Waals surface area contributed by atoms with E-state index in [0.717, 1.165) is 25.0 Å². The quantitative estimate of drug-likeness (QED) is 0.587. The van der Waals surface area contributed by atoms with Gasteiger partial charge in [0.25, 0.3) is 0 Å². The fraction of sp³-hybridized carbons (Fsp3) is 0.455.